The molecule has 0 aliphatic heterocycles. The van der Waals surface area contributed by atoms with Crippen molar-refractivity contribution < 1.29 is 19.0 Å². The molecule has 1 aromatic heterocycles. The second-order valence-corrected chi connectivity index (χ2v) is 9.35. The van der Waals surface area contributed by atoms with E-state index in [1.165, 1.54) is 0 Å². The summed E-state index contributed by atoms with van der Waals surface area (Å²) in [5.74, 6) is 0.721. The van der Waals surface area contributed by atoms with Crippen molar-refractivity contribution in [1.82, 2.24) is 4.98 Å². The highest BCUT2D eigenvalue weighted by molar-refractivity contribution is 9.10. The molecular formula is C22H23BrN2O4S. The van der Waals surface area contributed by atoms with E-state index in [0.717, 1.165) is 31.0 Å². The minimum atomic E-state index is -0.546. The van der Waals surface area contributed by atoms with Crippen LogP contribution < -0.4 is 10.1 Å². The smallest absolute Gasteiger partial charge is 0.412 e. The first-order chi connectivity index (χ1) is 14.2. The molecule has 1 heterocycles. The standard InChI is InChI=1S/C22H23BrN2O4S/c1-22(2,3)29-21(26)24-15-7-9-19-17(12-15)25-20(30-19)10-6-14-5-8-18(16(23)11-14)28-13-27-4/h5-12H,13H2,1-4H3,(H,24,26)/b10-6+. The van der Waals surface area contributed by atoms with Gasteiger partial charge in [-0.2, -0.15) is 0 Å². The van der Waals surface area contributed by atoms with Gasteiger partial charge in [-0.3, -0.25) is 5.32 Å². The number of hydrogen-bond donors (Lipinski definition) is 1. The van der Waals surface area contributed by atoms with Gasteiger partial charge in [-0.1, -0.05) is 12.1 Å². The highest BCUT2D eigenvalue weighted by atomic mass is 79.9. The van der Waals surface area contributed by atoms with E-state index in [9.17, 15) is 4.79 Å². The number of nitrogens with zero attached hydrogens (tertiary/aromatic N) is 1. The van der Waals surface area contributed by atoms with Crippen LogP contribution in [0.5, 0.6) is 5.75 Å². The lowest BCUT2D eigenvalue weighted by Gasteiger charge is -2.19. The predicted octanol–water partition coefficient (Wildman–Crippen LogP) is 6.56. The van der Waals surface area contributed by atoms with E-state index in [1.54, 1.807) is 18.4 Å². The van der Waals surface area contributed by atoms with Crippen molar-refractivity contribution in [3.63, 3.8) is 0 Å². The Balaban J connectivity index is 1.71. The molecular weight excluding hydrogens is 468 g/mol. The largest absolute Gasteiger partial charge is 0.466 e. The molecule has 6 nitrogen and oxygen atoms in total. The number of rotatable bonds is 6. The third kappa shape index (κ3) is 6.29. The molecule has 1 N–H and O–H groups in total. The number of thiazole rings is 1. The normalized spacial score (nSPS) is 11.8. The number of amides is 1. The first kappa shape index (κ1) is 22.3. The Morgan fingerprint density at radius 3 is 2.70 bits per heavy atom. The van der Waals surface area contributed by atoms with Gasteiger partial charge in [0.25, 0.3) is 0 Å². The number of carbonyl (C=O) groups is 1. The number of carbonyl (C=O) groups excluding carboxylic acids is 1. The van der Waals surface area contributed by atoms with Crippen LogP contribution in [0, 0.1) is 0 Å². The number of halogens is 1. The zero-order valence-electron chi connectivity index (χ0n) is 17.2. The number of nitrogens with one attached hydrogen (secondary N) is 1. The summed E-state index contributed by atoms with van der Waals surface area (Å²) in [6, 6.07) is 11.4. The molecule has 0 saturated heterocycles. The van der Waals surface area contributed by atoms with Crippen molar-refractivity contribution >= 4 is 61.4 Å². The number of methoxy groups -OCH3 is 1. The number of ether oxygens (including phenoxy) is 3. The molecule has 0 saturated carbocycles. The van der Waals surface area contributed by atoms with Gasteiger partial charge in [0.15, 0.2) is 6.79 Å². The van der Waals surface area contributed by atoms with Gasteiger partial charge in [-0.25, -0.2) is 9.78 Å². The maximum atomic E-state index is 12.0. The van der Waals surface area contributed by atoms with E-state index in [2.05, 4.69) is 26.2 Å². The lowest BCUT2D eigenvalue weighted by molar-refractivity contribution is 0.0506. The van der Waals surface area contributed by atoms with Gasteiger partial charge in [0, 0.05) is 12.8 Å². The average Bonchev–Trinajstić information content (AvgIpc) is 3.06. The van der Waals surface area contributed by atoms with Gasteiger partial charge in [-0.15, -0.1) is 11.3 Å². The molecule has 1 amide bonds. The number of fused-ring (bicyclic) bond motifs is 1. The highest BCUT2D eigenvalue weighted by Crippen LogP contribution is 2.29. The monoisotopic (exact) mass is 490 g/mol. The summed E-state index contributed by atoms with van der Waals surface area (Å²) in [5, 5.41) is 3.61. The molecule has 3 aromatic rings. The summed E-state index contributed by atoms with van der Waals surface area (Å²) in [5.41, 5.74) is 1.93. The molecule has 158 valence electrons. The van der Waals surface area contributed by atoms with Crippen LogP contribution >= 0.6 is 27.3 Å². The lowest BCUT2D eigenvalue weighted by atomic mass is 10.2. The Morgan fingerprint density at radius 1 is 1.20 bits per heavy atom. The fraction of sp³-hybridized carbons (Fsp3) is 0.273. The van der Waals surface area contributed by atoms with E-state index in [4.69, 9.17) is 14.2 Å². The van der Waals surface area contributed by atoms with Crippen LogP contribution in [0.25, 0.3) is 22.4 Å². The molecule has 0 unspecified atom stereocenters. The van der Waals surface area contributed by atoms with E-state index in [1.807, 2.05) is 69.3 Å². The van der Waals surface area contributed by atoms with Crippen LogP contribution in [0.15, 0.2) is 40.9 Å². The molecule has 8 heteroatoms. The summed E-state index contributed by atoms with van der Waals surface area (Å²) in [7, 11) is 1.58. The SMILES string of the molecule is COCOc1ccc(/C=C/c2nc3cc(NC(=O)OC(C)(C)C)ccc3s2)cc1Br. The maximum absolute atomic E-state index is 12.0. The Morgan fingerprint density at radius 2 is 2.00 bits per heavy atom. The van der Waals surface area contributed by atoms with Crippen LogP contribution in [-0.2, 0) is 9.47 Å². The fourth-order valence-corrected chi connectivity index (χ4v) is 3.91. The molecule has 30 heavy (non-hydrogen) atoms. The van der Waals surface area contributed by atoms with Crippen molar-refractivity contribution in [2.24, 2.45) is 0 Å². The second kappa shape index (κ2) is 9.59. The molecule has 0 aliphatic carbocycles. The zero-order chi connectivity index (χ0) is 21.7. The molecule has 0 fully saturated rings. The van der Waals surface area contributed by atoms with Crippen LogP contribution in [0.4, 0.5) is 10.5 Å². The van der Waals surface area contributed by atoms with Gasteiger partial charge in [0.05, 0.1) is 14.7 Å². The molecule has 0 spiro atoms. The Bertz CT molecular complexity index is 1070. The van der Waals surface area contributed by atoms with Gasteiger partial charge >= 0.3 is 6.09 Å². The fourth-order valence-electron chi connectivity index (χ4n) is 2.54. The first-order valence-electron chi connectivity index (χ1n) is 9.23. The third-order valence-electron chi connectivity index (χ3n) is 3.76. The first-order valence-corrected chi connectivity index (χ1v) is 10.8. The quantitative estimate of drug-likeness (QED) is 0.396. The number of aromatic nitrogens is 1. The molecule has 3 rings (SSSR count). The minimum Gasteiger partial charge on any atom is -0.466 e. The van der Waals surface area contributed by atoms with Gasteiger partial charge in [0.2, 0.25) is 0 Å². The topological polar surface area (TPSA) is 69.7 Å². The lowest BCUT2D eigenvalue weighted by Crippen LogP contribution is -2.27. The van der Waals surface area contributed by atoms with E-state index in [-0.39, 0.29) is 6.79 Å². The molecule has 2 aromatic carbocycles. The van der Waals surface area contributed by atoms with Gasteiger partial charge in [-0.05, 0) is 78.7 Å². The van der Waals surface area contributed by atoms with Crippen molar-refractivity contribution in [2.75, 3.05) is 19.2 Å². The van der Waals surface area contributed by atoms with Crippen molar-refractivity contribution in [3.8, 4) is 5.75 Å². The van der Waals surface area contributed by atoms with Crippen molar-refractivity contribution in [2.45, 2.75) is 26.4 Å². The Hall–Kier alpha value is -2.42. The molecule has 0 bridgehead atoms. The molecule has 0 aliphatic rings. The van der Waals surface area contributed by atoms with E-state index < -0.39 is 11.7 Å². The minimum absolute atomic E-state index is 0.199. The zero-order valence-corrected chi connectivity index (χ0v) is 19.6. The maximum Gasteiger partial charge on any atom is 0.412 e. The van der Waals surface area contributed by atoms with Crippen molar-refractivity contribution in [1.29, 1.82) is 0 Å². The van der Waals surface area contributed by atoms with E-state index >= 15 is 0 Å². The summed E-state index contributed by atoms with van der Waals surface area (Å²) < 4.78 is 17.6. The summed E-state index contributed by atoms with van der Waals surface area (Å²) in [4.78, 5) is 16.6. The van der Waals surface area contributed by atoms with Crippen molar-refractivity contribution in [3.05, 3.63) is 51.4 Å². The van der Waals surface area contributed by atoms with Crippen LogP contribution in [-0.4, -0.2) is 30.6 Å². The summed E-state index contributed by atoms with van der Waals surface area (Å²) in [6.07, 6.45) is 3.46. The second-order valence-electron chi connectivity index (χ2n) is 7.44. The molecule has 0 radical (unpaired) electrons. The number of anilines is 1. The highest BCUT2D eigenvalue weighted by Gasteiger charge is 2.16. The van der Waals surface area contributed by atoms with Crippen LogP contribution in [0.2, 0.25) is 0 Å². The van der Waals surface area contributed by atoms with Gasteiger partial charge < -0.3 is 14.2 Å². The van der Waals surface area contributed by atoms with Crippen LogP contribution in [0.1, 0.15) is 31.3 Å². The average molecular weight is 491 g/mol. The number of benzene rings is 2. The predicted molar refractivity (Wildman–Crippen MR) is 125 cm³/mol. The van der Waals surface area contributed by atoms with E-state index in [0.29, 0.717) is 5.69 Å². The Kier molecular flexibility index (Phi) is 7.12. The van der Waals surface area contributed by atoms with Gasteiger partial charge in [0.1, 0.15) is 16.4 Å². The summed E-state index contributed by atoms with van der Waals surface area (Å²) >= 11 is 5.08. The third-order valence-corrected chi connectivity index (χ3v) is 5.38. The van der Waals surface area contributed by atoms with Crippen LogP contribution in [0.3, 0.4) is 0 Å². The number of hydrogen-bond acceptors (Lipinski definition) is 6. The molecule has 0 atom stereocenters. The summed E-state index contributed by atoms with van der Waals surface area (Å²) in [6.45, 7) is 5.68. The Labute approximate surface area is 188 Å².